The Bertz CT molecular complexity index is 541. The number of nitrogens with zero attached hydrogens (tertiary/aromatic N) is 1. The standard InChI is InChI=1S/C13H22N2O2S2/c1-9-5-4-6-10(2)15(9)19(16,17)13-7-12(8-14)18-11(13)3/h7,9-10H,4-6,8,14H2,1-3H3/t9-,10+. The van der Waals surface area contributed by atoms with E-state index < -0.39 is 10.0 Å². The molecule has 2 rings (SSSR count). The van der Waals surface area contributed by atoms with Gasteiger partial charge in [-0.2, -0.15) is 4.31 Å². The van der Waals surface area contributed by atoms with E-state index in [0.717, 1.165) is 29.0 Å². The lowest BCUT2D eigenvalue weighted by Crippen LogP contribution is -2.47. The number of hydrogen-bond acceptors (Lipinski definition) is 4. The predicted molar refractivity (Wildman–Crippen MR) is 78.7 cm³/mol. The van der Waals surface area contributed by atoms with Crippen molar-refractivity contribution in [2.24, 2.45) is 5.73 Å². The molecule has 0 aromatic carbocycles. The van der Waals surface area contributed by atoms with Crippen molar-refractivity contribution >= 4 is 21.4 Å². The molecule has 1 aromatic rings. The van der Waals surface area contributed by atoms with Crippen LogP contribution in [-0.4, -0.2) is 24.8 Å². The first kappa shape index (κ1) is 15.0. The Balaban J connectivity index is 2.43. The van der Waals surface area contributed by atoms with Gasteiger partial charge in [0, 0.05) is 28.4 Å². The van der Waals surface area contributed by atoms with Crippen LogP contribution in [0.15, 0.2) is 11.0 Å². The van der Waals surface area contributed by atoms with Crippen LogP contribution in [0.5, 0.6) is 0 Å². The maximum Gasteiger partial charge on any atom is 0.244 e. The van der Waals surface area contributed by atoms with Crippen molar-refractivity contribution in [1.82, 2.24) is 4.31 Å². The number of aryl methyl sites for hydroxylation is 1. The van der Waals surface area contributed by atoms with Crippen molar-refractivity contribution in [1.29, 1.82) is 0 Å². The summed E-state index contributed by atoms with van der Waals surface area (Å²) < 4.78 is 27.4. The number of rotatable bonds is 3. The van der Waals surface area contributed by atoms with Crippen LogP contribution in [0.4, 0.5) is 0 Å². The third-order valence-corrected chi connectivity index (χ3v) is 7.25. The number of hydrogen-bond donors (Lipinski definition) is 1. The smallest absolute Gasteiger partial charge is 0.244 e. The predicted octanol–water partition coefficient (Wildman–Crippen LogP) is 2.47. The molecule has 19 heavy (non-hydrogen) atoms. The molecule has 1 fully saturated rings. The Hall–Kier alpha value is -0.430. The monoisotopic (exact) mass is 302 g/mol. The lowest BCUT2D eigenvalue weighted by atomic mass is 10.0. The van der Waals surface area contributed by atoms with Crippen LogP contribution in [0.1, 0.15) is 42.9 Å². The second-order valence-electron chi connectivity index (χ2n) is 5.30. The van der Waals surface area contributed by atoms with E-state index in [9.17, 15) is 8.42 Å². The van der Waals surface area contributed by atoms with E-state index in [4.69, 9.17) is 5.73 Å². The van der Waals surface area contributed by atoms with Crippen molar-refractivity contribution in [3.63, 3.8) is 0 Å². The summed E-state index contributed by atoms with van der Waals surface area (Å²) in [7, 11) is -3.39. The van der Waals surface area contributed by atoms with Gasteiger partial charge in [0.15, 0.2) is 0 Å². The normalized spacial score (nSPS) is 25.7. The maximum atomic E-state index is 12.8. The van der Waals surface area contributed by atoms with E-state index in [0.29, 0.717) is 11.4 Å². The molecule has 0 saturated carbocycles. The molecule has 1 aliphatic rings. The third-order valence-electron chi connectivity index (χ3n) is 3.79. The lowest BCUT2D eigenvalue weighted by molar-refractivity contribution is 0.204. The first-order chi connectivity index (χ1) is 8.87. The molecule has 4 nitrogen and oxygen atoms in total. The number of sulfonamides is 1. The Morgan fingerprint density at radius 2 is 1.95 bits per heavy atom. The summed E-state index contributed by atoms with van der Waals surface area (Å²) in [5, 5.41) is 0. The molecule has 0 bridgehead atoms. The second kappa shape index (κ2) is 5.52. The molecule has 1 aliphatic heterocycles. The molecule has 1 saturated heterocycles. The fourth-order valence-corrected chi connectivity index (χ4v) is 6.23. The van der Waals surface area contributed by atoms with Crippen molar-refractivity contribution < 1.29 is 8.42 Å². The van der Waals surface area contributed by atoms with Crippen molar-refractivity contribution in [3.05, 3.63) is 15.8 Å². The summed E-state index contributed by atoms with van der Waals surface area (Å²) in [6.07, 6.45) is 2.98. The molecule has 2 N–H and O–H groups in total. The van der Waals surface area contributed by atoms with Crippen LogP contribution in [0.3, 0.4) is 0 Å². The van der Waals surface area contributed by atoms with Crippen LogP contribution >= 0.6 is 11.3 Å². The Morgan fingerprint density at radius 1 is 1.37 bits per heavy atom. The van der Waals surface area contributed by atoms with Crippen LogP contribution in [-0.2, 0) is 16.6 Å². The lowest BCUT2D eigenvalue weighted by Gasteiger charge is -2.37. The number of piperidine rings is 1. The van der Waals surface area contributed by atoms with E-state index in [1.54, 1.807) is 10.4 Å². The van der Waals surface area contributed by atoms with Gasteiger partial charge in [-0.3, -0.25) is 0 Å². The van der Waals surface area contributed by atoms with Crippen LogP contribution in [0, 0.1) is 6.92 Å². The van der Waals surface area contributed by atoms with E-state index in [2.05, 4.69) is 0 Å². The SMILES string of the molecule is Cc1sc(CN)cc1S(=O)(=O)N1[C@H](C)CCC[C@@H]1C. The van der Waals surface area contributed by atoms with E-state index in [1.165, 1.54) is 11.3 Å². The molecule has 0 unspecified atom stereocenters. The zero-order chi connectivity index (χ0) is 14.2. The summed E-state index contributed by atoms with van der Waals surface area (Å²) in [6, 6.07) is 1.90. The number of thiophene rings is 1. The van der Waals surface area contributed by atoms with Gasteiger partial charge in [-0.15, -0.1) is 11.3 Å². The largest absolute Gasteiger partial charge is 0.326 e. The minimum absolute atomic E-state index is 0.0781. The van der Waals surface area contributed by atoms with Gasteiger partial charge in [0.25, 0.3) is 0 Å². The zero-order valence-corrected chi connectivity index (χ0v) is 13.4. The molecule has 2 heterocycles. The van der Waals surface area contributed by atoms with Gasteiger partial charge < -0.3 is 5.73 Å². The first-order valence-corrected chi connectivity index (χ1v) is 8.96. The van der Waals surface area contributed by atoms with E-state index in [-0.39, 0.29) is 12.1 Å². The van der Waals surface area contributed by atoms with Crippen molar-refractivity contribution in [2.75, 3.05) is 0 Å². The molecule has 0 amide bonds. The summed E-state index contributed by atoms with van der Waals surface area (Å²) in [6.45, 7) is 6.25. The van der Waals surface area contributed by atoms with Gasteiger partial charge in [0.1, 0.15) is 0 Å². The highest BCUT2D eigenvalue weighted by molar-refractivity contribution is 7.89. The highest BCUT2D eigenvalue weighted by atomic mass is 32.2. The Labute approximate surface area is 119 Å². The average Bonchev–Trinajstić information content (AvgIpc) is 2.70. The summed E-state index contributed by atoms with van der Waals surface area (Å²) in [4.78, 5) is 2.21. The van der Waals surface area contributed by atoms with Gasteiger partial charge in [0.2, 0.25) is 10.0 Å². The zero-order valence-electron chi connectivity index (χ0n) is 11.7. The van der Waals surface area contributed by atoms with Gasteiger partial charge >= 0.3 is 0 Å². The minimum Gasteiger partial charge on any atom is -0.326 e. The van der Waals surface area contributed by atoms with E-state index >= 15 is 0 Å². The molecule has 0 spiro atoms. The summed E-state index contributed by atoms with van der Waals surface area (Å²) in [5.41, 5.74) is 5.61. The van der Waals surface area contributed by atoms with Crippen molar-refractivity contribution in [3.8, 4) is 0 Å². The quantitative estimate of drug-likeness (QED) is 0.933. The molecule has 108 valence electrons. The highest BCUT2D eigenvalue weighted by Gasteiger charge is 2.36. The van der Waals surface area contributed by atoms with Crippen LogP contribution < -0.4 is 5.73 Å². The molecule has 6 heteroatoms. The third kappa shape index (κ3) is 2.72. The first-order valence-electron chi connectivity index (χ1n) is 6.71. The summed E-state index contributed by atoms with van der Waals surface area (Å²) in [5.74, 6) is 0. The fraction of sp³-hybridized carbons (Fsp3) is 0.692. The van der Waals surface area contributed by atoms with Gasteiger partial charge in [-0.05, 0) is 39.7 Å². The molecule has 1 aromatic heterocycles. The van der Waals surface area contributed by atoms with Gasteiger partial charge in [0.05, 0.1) is 4.90 Å². The van der Waals surface area contributed by atoms with E-state index in [1.807, 2.05) is 20.8 Å². The van der Waals surface area contributed by atoms with Gasteiger partial charge in [-0.1, -0.05) is 6.42 Å². The highest BCUT2D eigenvalue weighted by Crippen LogP contribution is 2.33. The maximum absolute atomic E-state index is 12.8. The molecular formula is C13H22N2O2S2. The molecular weight excluding hydrogens is 280 g/mol. The molecule has 0 aliphatic carbocycles. The van der Waals surface area contributed by atoms with Crippen LogP contribution in [0.2, 0.25) is 0 Å². The van der Waals surface area contributed by atoms with Crippen LogP contribution in [0.25, 0.3) is 0 Å². The second-order valence-corrected chi connectivity index (χ2v) is 8.45. The average molecular weight is 302 g/mol. The Kier molecular flexibility index (Phi) is 4.35. The van der Waals surface area contributed by atoms with Gasteiger partial charge in [-0.25, -0.2) is 8.42 Å². The molecule has 2 atom stereocenters. The Morgan fingerprint density at radius 3 is 2.42 bits per heavy atom. The molecule has 0 radical (unpaired) electrons. The minimum atomic E-state index is -3.39. The topological polar surface area (TPSA) is 63.4 Å². The fourth-order valence-electron chi connectivity index (χ4n) is 2.87. The van der Waals surface area contributed by atoms with Crippen molar-refractivity contribution in [2.45, 2.75) is 63.6 Å². The number of nitrogens with two attached hydrogens (primary N) is 1. The summed E-state index contributed by atoms with van der Waals surface area (Å²) >= 11 is 1.48.